The van der Waals surface area contributed by atoms with Crippen LogP contribution < -0.4 is 10.6 Å². The fourth-order valence-corrected chi connectivity index (χ4v) is 1.38. The van der Waals surface area contributed by atoms with E-state index in [1.807, 2.05) is 26.8 Å². The average Bonchev–Trinajstić information content (AvgIpc) is 2.18. The summed E-state index contributed by atoms with van der Waals surface area (Å²) in [7, 11) is 0. The molecule has 1 aromatic rings. The van der Waals surface area contributed by atoms with Crippen LogP contribution in [-0.4, -0.2) is 18.1 Å². The summed E-state index contributed by atoms with van der Waals surface area (Å²) in [5.41, 5.74) is 1.57. The normalized spacial score (nSPS) is 9.47. The molecule has 4 heteroatoms. The Balaban J connectivity index is 3.14. The third-order valence-electron chi connectivity index (χ3n) is 2.03. The summed E-state index contributed by atoms with van der Waals surface area (Å²) in [4.78, 5) is 4.34. The Labute approximate surface area is 90.3 Å². The van der Waals surface area contributed by atoms with Gasteiger partial charge in [0.1, 0.15) is 17.7 Å². The van der Waals surface area contributed by atoms with E-state index in [0.717, 1.165) is 24.5 Å². The van der Waals surface area contributed by atoms with Gasteiger partial charge in [0.15, 0.2) is 0 Å². The zero-order chi connectivity index (χ0) is 11.3. The number of hydrogen-bond acceptors (Lipinski definition) is 4. The second-order valence-electron chi connectivity index (χ2n) is 3.22. The number of aryl methyl sites for hydroxylation is 1. The number of rotatable bonds is 4. The first kappa shape index (κ1) is 11.3. The highest BCUT2D eigenvalue weighted by molar-refractivity contribution is 5.60. The van der Waals surface area contributed by atoms with E-state index in [1.165, 1.54) is 0 Å². The lowest BCUT2D eigenvalue weighted by atomic mass is 10.1. The minimum Gasteiger partial charge on any atom is -0.370 e. The summed E-state index contributed by atoms with van der Waals surface area (Å²) in [5, 5.41) is 15.2. The van der Waals surface area contributed by atoms with Gasteiger partial charge in [0.2, 0.25) is 0 Å². The number of hydrogen-bond donors (Lipinski definition) is 2. The van der Waals surface area contributed by atoms with E-state index in [-0.39, 0.29) is 0 Å². The lowest BCUT2D eigenvalue weighted by molar-refractivity contribution is 1.11. The van der Waals surface area contributed by atoms with Crippen molar-refractivity contribution in [3.05, 3.63) is 17.2 Å². The maximum Gasteiger partial charge on any atom is 0.146 e. The van der Waals surface area contributed by atoms with Gasteiger partial charge in [-0.2, -0.15) is 5.26 Å². The molecule has 0 radical (unpaired) electrons. The zero-order valence-corrected chi connectivity index (χ0v) is 9.39. The largest absolute Gasteiger partial charge is 0.370 e. The molecule has 15 heavy (non-hydrogen) atoms. The first-order valence-corrected chi connectivity index (χ1v) is 5.12. The van der Waals surface area contributed by atoms with Gasteiger partial charge in [-0.3, -0.25) is 0 Å². The van der Waals surface area contributed by atoms with E-state index in [4.69, 9.17) is 5.26 Å². The van der Waals surface area contributed by atoms with Crippen LogP contribution in [0.5, 0.6) is 0 Å². The molecule has 1 heterocycles. The lowest BCUT2D eigenvalue weighted by Crippen LogP contribution is -2.07. The second-order valence-corrected chi connectivity index (χ2v) is 3.22. The molecule has 2 N–H and O–H groups in total. The predicted octanol–water partition coefficient (Wildman–Crippen LogP) is 2.13. The van der Waals surface area contributed by atoms with Crippen LogP contribution in [0.3, 0.4) is 0 Å². The molecular weight excluding hydrogens is 188 g/mol. The van der Waals surface area contributed by atoms with Gasteiger partial charge in [0.25, 0.3) is 0 Å². The van der Waals surface area contributed by atoms with Gasteiger partial charge in [-0.15, -0.1) is 0 Å². The first-order chi connectivity index (χ1) is 7.22. The molecule has 0 atom stereocenters. The molecule has 0 fully saturated rings. The lowest BCUT2D eigenvalue weighted by Gasteiger charge is -2.10. The molecule has 1 rings (SSSR count). The molecule has 0 aromatic carbocycles. The highest BCUT2D eigenvalue weighted by atomic mass is 15.1. The molecule has 0 aliphatic rings. The van der Waals surface area contributed by atoms with Crippen LogP contribution in [-0.2, 0) is 0 Å². The van der Waals surface area contributed by atoms with Crippen molar-refractivity contribution >= 4 is 11.6 Å². The van der Waals surface area contributed by atoms with E-state index >= 15 is 0 Å². The van der Waals surface area contributed by atoms with E-state index in [1.54, 1.807) is 0 Å². The summed E-state index contributed by atoms with van der Waals surface area (Å²) in [6, 6.07) is 4.06. The van der Waals surface area contributed by atoms with Gasteiger partial charge in [-0.25, -0.2) is 4.98 Å². The van der Waals surface area contributed by atoms with Crippen LogP contribution in [0.1, 0.15) is 25.0 Å². The Morgan fingerprint density at radius 2 is 2.00 bits per heavy atom. The third-order valence-corrected chi connectivity index (χ3v) is 2.03. The molecule has 0 saturated carbocycles. The molecule has 0 unspecified atom stereocenters. The van der Waals surface area contributed by atoms with Gasteiger partial charge >= 0.3 is 0 Å². The van der Waals surface area contributed by atoms with Crippen LogP contribution in [0.2, 0.25) is 0 Å². The van der Waals surface area contributed by atoms with Gasteiger partial charge in [0.05, 0.1) is 5.56 Å². The summed E-state index contributed by atoms with van der Waals surface area (Å²) in [5.74, 6) is 1.47. The molecule has 0 amide bonds. The molecule has 0 aliphatic carbocycles. The molecule has 0 spiro atoms. The Morgan fingerprint density at radius 3 is 2.53 bits per heavy atom. The van der Waals surface area contributed by atoms with Crippen LogP contribution in [0.25, 0.3) is 0 Å². The van der Waals surface area contributed by atoms with Gasteiger partial charge < -0.3 is 10.6 Å². The Bertz CT molecular complexity index is 379. The van der Waals surface area contributed by atoms with E-state index < -0.39 is 0 Å². The topological polar surface area (TPSA) is 60.7 Å². The Kier molecular flexibility index (Phi) is 3.92. The van der Waals surface area contributed by atoms with Crippen molar-refractivity contribution in [1.29, 1.82) is 5.26 Å². The van der Waals surface area contributed by atoms with Crippen molar-refractivity contribution in [2.24, 2.45) is 0 Å². The number of nitriles is 1. The Hall–Kier alpha value is -1.76. The standard InChI is InChI=1S/C11H16N4/c1-4-13-10-6-8(3)9(7-12)11(15-10)14-5-2/h6H,4-5H2,1-3H3,(H2,13,14,15). The van der Waals surface area contributed by atoms with Crippen LogP contribution in [0.15, 0.2) is 6.07 Å². The molecule has 0 saturated heterocycles. The van der Waals surface area contributed by atoms with Crippen molar-refractivity contribution in [3.63, 3.8) is 0 Å². The molecule has 0 bridgehead atoms. The summed E-state index contributed by atoms with van der Waals surface area (Å²) in [6.45, 7) is 7.50. The van der Waals surface area contributed by atoms with Crippen LogP contribution in [0, 0.1) is 18.3 Å². The van der Waals surface area contributed by atoms with Crippen molar-refractivity contribution in [3.8, 4) is 6.07 Å². The van der Waals surface area contributed by atoms with Crippen LogP contribution in [0.4, 0.5) is 11.6 Å². The quantitative estimate of drug-likeness (QED) is 0.788. The maximum atomic E-state index is 9.00. The predicted molar refractivity (Wildman–Crippen MR) is 62.0 cm³/mol. The summed E-state index contributed by atoms with van der Waals surface area (Å²) < 4.78 is 0. The SMILES string of the molecule is CCNc1cc(C)c(C#N)c(NCC)n1. The van der Waals surface area contributed by atoms with Gasteiger partial charge in [-0.05, 0) is 32.4 Å². The first-order valence-electron chi connectivity index (χ1n) is 5.12. The molecule has 4 nitrogen and oxygen atoms in total. The molecule has 1 aromatic heterocycles. The maximum absolute atomic E-state index is 9.00. The summed E-state index contributed by atoms with van der Waals surface area (Å²) in [6.07, 6.45) is 0. The van der Waals surface area contributed by atoms with Gasteiger partial charge in [0, 0.05) is 13.1 Å². The summed E-state index contributed by atoms with van der Waals surface area (Å²) >= 11 is 0. The van der Waals surface area contributed by atoms with E-state index in [9.17, 15) is 0 Å². The van der Waals surface area contributed by atoms with Gasteiger partial charge in [-0.1, -0.05) is 0 Å². The highest BCUT2D eigenvalue weighted by Crippen LogP contribution is 2.20. The van der Waals surface area contributed by atoms with Crippen molar-refractivity contribution in [2.45, 2.75) is 20.8 Å². The van der Waals surface area contributed by atoms with Crippen molar-refractivity contribution in [1.82, 2.24) is 4.98 Å². The fraction of sp³-hybridized carbons (Fsp3) is 0.455. The Morgan fingerprint density at radius 1 is 1.33 bits per heavy atom. The second kappa shape index (κ2) is 5.20. The number of nitrogens with zero attached hydrogens (tertiary/aromatic N) is 2. The third kappa shape index (κ3) is 2.59. The van der Waals surface area contributed by atoms with Crippen LogP contribution >= 0.6 is 0 Å². The number of anilines is 2. The monoisotopic (exact) mass is 204 g/mol. The molecule has 80 valence electrons. The minimum absolute atomic E-state index is 0.624. The molecule has 0 aliphatic heterocycles. The number of nitrogens with one attached hydrogen (secondary N) is 2. The molecular formula is C11H16N4. The minimum atomic E-state index is 0.624. The average molecular weight is 204 g/mol. The van der Waals surface area contributed by atoms with Crippen molar-refractivity contribution in [2.75, 3.05) is 23.7 Å². The fourth-order valence-electron chi connectivity index (χ4n) is 1.38. The van der Waals surface area contributed by atoms with Crippen molar-refractivity contribution < 1.29 is 0 Å². The highest BCUT2D eigenvalue weighted by Gasteiger charge is 2.08. The number of pyridine rings is 1. The smallest absolute Gasteiger partial charge is 0.146 e. The number of aromatic nitrogens is 1. The van der Waals surface area contributed by atoms with E-state index in [0.29, 0.717) is 11.4 Å². The zero-order valence-electron chi connectivity index (χ0n) is 9.39. The van der Waals surface area contributed by atoms with E-state index in [2.05, 4.69) is 21.7 Å².